The quantitative estimate of drug-likeness (QED) is 0.800. The lowest BCUT2D eigenvalue weighted by Crippen LogP contribution is -2.26. The Kier molecular flexibility index (Phi) is 4.32. The molecule has 1 aliphatic heterocycles. The van der Waals surface area contributed by atoms with Crippen LogP contribution < -0.4 is 0 Å². The fraction of sp³-hybridized carbons (Fsp3) is 0.357. The van der Waals surface area contributed by atoms with Crippen molar-refractivity contribution in [1.29, 1.82) is 0 Å². The Morgan fingerprint density at radius 1 is 1.42 bits per heavy atom. The number of aliphatic imine (C=N–C) groups is 1. The van der Waals surface area contributed by atoms with Gasteiger partial charge in [0.2, 0.25) is 0 Å². The van der Waals surface area contributed by atoms with Crippen LogP contribution in [0.5, 0.6) is 0 Å². The Bertz CT molecular complexity index is 522. The van der Waals surface area contributed by atoms with E-state index >= 15 is 0 Å². The molecule has 1 aliphatic rings. The zero-order valence-electron chi connectivity index (χ0n) is 10.6. The predicted octanol–water partition coefficient (Wildman–Crippen LogP) is 2.75. The first-order valence-corrected chi connectivity index (χ1v) is 6.49. The minimum Gasteiger partial charge on any atom is -0.462 e. The Balaban J connectivity index is 2.25. The number of rotatable bonds is 3. The number of carbonyl (C=O) groups excluding carboxylic acids is 2. The third-order valence-corrected chi connectivity index (χ3v) is 3.12. The number of nitrogens with zero attached hydrogens (tertiary/aromatic N) is 1. The van der Waals surface area contributed by atoms with E-state index in [0.29, 0.717) is 11.4 Å². The molecule has 100 valence electrons. The van der Waals surface area contributed by atoms with E-state index in [2.05, 4.69) is 4.99 Å². The molecule has 0 spiro atoms. The molecule has 1 unspecified atom stereocenters. The van der Waals surface area contributed by atoms with Crippen LogP contribution >= 0.6 is 11.6 Å². The molecule has 1 heterocycles. The zero-order chi connectivity index (χ0) is 13.8. The number of ketones is 1. The lowest BCUT2D eigenvalue weighted by molar-refractivity contribution is -0.136. The number of hydrogen-bond donors (Lipinski definition) is 0. The van der Waals surface area contributed by atoms with Crippen LogP contribution in [0.2, 0.25) is 5.02 Å². The van der Waals surface area contributed by atoms with Gasteiger partial charge in [0.05, 0.1) is 19.1 Å². The molecule has 19 heavy (non-hydrogen) atoms. The van der Waals surface area contributed by atoms with Gasteiger partial charge in [-0.3, -0.25) is 9.79 Å². The maximum Gasteiger partial charge on any atom is 0.352 e. The molecule has 0 N–H and O–H groups in total. The van der Waals surface area contributed by atoms with Crippen molar-refractivity contribution in [2.45, 2.75) is 25.8 Å². The Morgan fingerprint density at radius 3 is 2.74 bits per heavy atom. The molecule has 0 amide bonds. The van der Waals surface area contributed by atoms with Gasteiger partial charge in [0.25, 0.3) is 0 Å². The highest BCUT2D eigenvalue weighted by Crippen LogP contribution is 2.27. The molecule has 0 saturated carbocycles. The summed E-state index contributed by atoms with van der Waals surface area (Å²) in [6, 6.07) is 6.80. The number of esters is 1. The molecule has 5 heteroatoms. The molecule has 0 bridgehead atoms. The van der Waals surface area contributed by atoms with Crippen molar-refractivity contribution in [3.63, 3.8) is 0 Å². The largest absolute Gasteiger partial charge is 0.462 e. The standard InChI is InChI=1S/C14H14ClNO3/c1-2-19-14(18)13-8-11(17)7-12(16-13)9-3-5-10(15)6-4-9/h3-6,12H,2,7-8H2,1H3. The molecule has 2 rings (SSSR count). The summed E-state index contributed by atoms with van der Waals surface area (Å²) in [5.41, 5.74) is 1.08. The molecular weight excluding hydrogens is 266 g/mol. The van der Waals surface area contributed by atoms with Crippen LogP contribution in [0, 0.1) is 0 Å². The fourth-order valence-electron chi connectivity index (χ4n) is 1.97. The lowest BCUT2D eigenvalue weighted by Gasteiger charge is -2.19. The first-order valence-electron chi connectivity index (χ1n) is 6.11. The number of halogens is 1. The van der Waals surface area contributed by atoms with Crippen molar-refractivity contribution in [2.24, 2.45) is 4.99 Å². The Labute approximate surface area is 116 Å². The van der Waals surface area contributed by atoms with Gasteiger partial charge >= 0.3 is 5.97 Å². The van der Waals surface area contributed by atoms with E-state index in [9.17, 15) is 9.59 Å². The maximum atomic E-state index is 11.7. The second-order valence-electron chi connectivity index (χ2n) is 4.28. The summed E-state index contributed by atoms with van der Waals surface area (Å²) in [6.45, 7) is 2.00. The van der Waals surface area contributed by atoms with E-state index in [1.807, 2.05) is 12.1 Å². The van der Waals surface area contributed by atoms with Crippen molar-refractivity contribution in [3.8, 4) is 0 Å². The normalized spacial score (nSPS) is 18.9. The topological polar surface area (TPSA) is 55.7 Å². The molecule has 1 aromatic carbocycles. The third kappa shape index (κ3) is 3.41. The number of carbonyl (C=O) groups is 2. The highest BCUT2D eigenvalue weighted by atomic mass is 35.5. The summed E-state index contributed by atoms with van der Waals surface area (Å²) >= 11 is 5.82. The van der Waals surface area contributed by atoms with E-state index in [0.717, 1.165) is 5.56 Å². The zero-order valence-corrected chi connectivity index (χ0v) is 11.3. The van der Waals surface area contributed by atoms with Crippen molar-refractivity contribution in [1.82, 2.24) is 0 Å². The molecule has 0 radical (unpaired) electrons. The molecule has 0 aromatic heterocycles. The van der Waals surface area contributed by atoms with E-state index < -0.39 is 5.97 Å². The van der Waals surface area contributed by atoms with Gasteiger partial charge in [-0.05, 0) is 24.6 Å². The highest BCUT2D eigenvalue weighted by Gasteiger charge is 2.27. The van der Waals surface area contributed by atoms with E-state index in [1.54, 1.807) is 19.1 Å². The smallest absolute Gasteiger partial charge is 0.352 e. The average molecular weight is 280 g/mol. The van der Waals surface area contributed by atoms with Gasteiger partial charge in [-0.15, -0.1) is 0 Å². The molecule has 1 aromatic rings. The fourth-order valence-corrected chi connectivity index (χ4v) is 2.10. The minimum absolute atomic E-state index is 0.00185. The molecule has 0 fully saturated rings. The Morgan fingerprint density at radius 2 is 2.11 bits per heavy atom. The summed E-state index contributed by atoms with van der Waals surface area (Å²) in [5, 5.41) is 0.625. The lowest BCUT2D eigenvalue weighted by atomic mass is 9.96. The second kappa shape index (κ2) is 5.97. The summed E-state index contributed by atoms with van der Waals surface area (Å²) in [4.78, 5) is 27.7. The molecular formula is C14H14ClNO3. The molecule has 1 atom stereocenters. The maximum absolute atomic E-state index is 11.7. The van der Waals surface area contributed by atoms with Gasteiger partial charge < -0.3 is 4.74 Å². The van der Waals surface area contributed by atoms with E-state index in [-0.39, 0.29) is 30.6 Å². The first kappa shape index (κ1) is 13.7. The van der Waals surface area contributed by atoms with Gasteiger partial charge in [-0.2, -0.15) is 0 Å². The van der Waals surface area contributed by atoms with E-state index in [4.69, 9.17) is 16.3 Å². The second-order valence-corrected chi connectivity index (χ2v) is 4.72. The van der Waals surface area contributed by atoms with Crippen LogP contribution in [0.3, 0.4) is 0 Å². The average Bonchev–Trinajstić information content (AvgIpc) is 2.39. The number of hydrogen-bond acceptors (Lipinski definition) is 4. The number of benzene rings is 1. The van der Waals surface area contributed by atoms with Crippen LogP contribution in [0.25, 0.3) is 0 Å². The molecule has 4 nitrogen and oxygen atoms in total. The van der Waals surface area contributed by atoms with E-state index in [1.165, 1.54) is 0 Å². The van der Waals surface area contributed by atoms with Gasteiger partial charge in [-0.1, -0.05) is 23.7 Å². The van der Waals surface area contributed by atoms with Crippen LogP contribution in [0.4, 0.5) is 0 Å². The third-order valence-electron chi connectivity index (χ3n) is 2.86. The van der Waals surface area contributed by atoms with Crippen LogP contribution in [-0.2, 0) is 14.3 Å². The van der Waals surface area contributed by atoms with Crippen LogP contribution in [0.15, 0.2) is 29.3 Å². The predicted molar refractivity (Wildman–Crippen MR) is 72.5 cm³/mol. The van der Waals surface area contributed by atoms with Crippen molar-refractivity contribution in [3.05, 3.63) is 34.9 Å². The van der Waals surface area contributed by atoms with Crippen LogP contribution in [-0.4, -0.2) is 24.1 Å². The summed E-state index contributed by atoms with van der Waals surface area (Å²) < 4.78 is 4.89. The van der Waals surface area contributed by atoms with Crippen molar-refractivity contribution in [2.75, 3.05) is 6.61 Å². The Hall–Kier alpha value is -1.68. The van der Waals surface area contributed by atoms with Crippen molar-refractivity contribution >= 4 is 29.1 Å². The van der Waals surface area contributed by atoms with Crippen molar-refractivity contribution < 1.29 is 14.3 Å². The highest BCUT2D eigenvalue weighted by molar-refractivity contribution is 6.40. The van der Waals surface area contributed by atoms with Gasteiger partial charge in [0, 0.05) is 11.4 Å². The van der Waals surface area contributed by atoms with Crippen LogP contribution in [0.1, 0.15) is 31.4 Å². The number of ether oxygens (including phenoxy) is 1. The first-order chi connectivity index (χ1) is 9.10. The van der Waals surface area contributed by atoms with Gasteiger partial charge in [-0.25, -0.2) is 4.79 Å². The molecule has 0 saturated heterocycles. The van der Waals surface area contributed by atoms with Gasteiger partial charge in [0.15, 0.2) is 0 Å². The summed E-state index contributed by atoms with van der Waals surface area (Å²) in [7, 11) is 0. The van der Waals surface area contributed by atoms with Gasteiger partial charge in [0.1, 0.15) is 11.5 Å². The monoisotopic (exact) mass is 279 g/mol. The number of Topliss-reactive ketones (excluding diaryl/α,β-unsaturated/α-hetero) is 1. The minimum atomic E-state index is -0.505. The summed E-state index contributed by atoms with van der Waals surface area (Å²) in [5.74, 6) is -0.507. The SMILES string of the molecule is CCOC(=O)C1=NC(c2ccc(Cl)cc2)CC(=O)C1. The molecule has 0 aliphatic carbocycles. The summed E-state index contributed by atoms with van der Waals surface area (Å²) in [6.07, 6.45) is 0.369.